The van der Waals surface area contributed by atoms with Gasteiger partial charge in [0.05, 0.1) is 12.2 Å². The normalized spacial score (nSPS) is 12.4. The number of amides is 2. The number of rotatable bonds is 8. The molecular formula is C21H31N7O2. The number of carbonyl (C=O) groups is 2. The van der Waals surface area contributed by atoms with Crippen LogP contribution in [0.2, 0.25) is 0 Å². The van der Waals surface area contributed by atoms with Gasteiger partial charge in [0.15, 0.2) is 5.96 Å². The first-order valence-corrected chi connectivity index (χ1v) is 9.83. The van der Waals surface area contributed by atoms with E-state index in [1.54, 1.807) is 19.2 Å². The van der Waals surface area contributed by atoms with Crippen molar-refractivity contribution in [1.82, 2.24) is 25.7 Å². The summed E-state index contributed by atoms with van der Waals surface area (Å²) in [5, 5.41) is 13.6. The third-order valence-corrected chi connectivity index (χ3v) is 4.88. The molecule has 2 aromatic rings. The maximum absolute atomic E-state index is 11.9. The lowest BCUT2D eigenvalue weighted by Crippen LogP contribution is -2.42. The summed E-state index contributed by atoms with van der Waals surface area (Å²) in [5.41, 5.74) is 9.97. The van der Waals surface area contributed by atoms with Gasteiger partial charge in [-0.25, -0.2) is 0 Å². The topological polar surface area (TPSA) is 126 Å². The van der Waals surface area contributed by atoms with E-state index in [0.717, 1.165) is 17.7 Å². The van der Waals surface area contributed by atoms with Crippen molar-refractivity contribution in [2.45, 2.75) is 39.8 Å². The van der Waals surface area contributed by atoms with Gasteiger partial charge in [0.25, 0.3) is 5.91 Å². The smallest absolute Gasteiger partial charge is 0.251 e. The van der Waals surface area contributed by atoms with Gasteiger partial charge in [-0.2, -0.15) is 5.10 Å². The van der Waals surface area contributed by atoms with Gasteiger partial charge in [-0.15, -0.1) is 0 Å². The van der Waals surface area contributed by atoms with Gasteiger partial charge in [0, 0.05) is 37.9 Å². The second-order valence-electron chi connectivity index (χ2n) is 7.29. The average molecular weight is 414 g/mol. The van der Waals surface area contributed by atoms with Crippen molar-refractivity contribution in [1.29, 1.82) is 0 Å². The maximum Gasteiger partial charge on any atom is 0.251 e. The van der Waals surface area contributed by atoms with Crippen molar-refractivity contribution in [2.24, 2.45) is 17.8 Å². The second kappa shape index (κ2) is 10.4. The summed E-state index contributed by atoms with van der Waals surface area (Å²) in [7, 11) is 3.69. The van der Waals surface area contributed by atoms with Crippen molar-refractivity contribution < 1.29 is 9.59 Å². The van der Waals surface area contributed by atoms with E-state index in [1.807, 2.05) is 30.8 Å². The summed E-state index contributed by atoms with van der Waals surface area (Å²) >= 11 is 0. The van der Waals surface area contributed by atoms with Gasteiger partial charge >= 0.3 is 0 Å². The predicted octanol–water partition coefficient (Wildman–Crippen LogP) is 0.548. The Balaban J connectivity index is 1.87. The molecule has 162 valence electrons. The van der Waals surface area contributed by atoms with E-state index in [4.69, 9.17) is 5.73 Å². The fraction of sp³-hybridized carbons (Fsp3) is 0.429. The van der Waals surface area contributed by atoms with E-state index in [2.05, 4.69) is 39.9 Å². The molecule has 2 amide bonds. The van der Waals surface area contributed by atoms with Gasteiger partial charge in [0.1, 0.15) is 0 Å². The SMILES string of the molecule is CN=C(NCc1ccc(C(=O)NCC(N)=O)cc1)NC(C)Cc1c(C)nn(C)c1C. The first kappa shape index (κ1) is 22.9. The number of benzene rings is 1. The molecule has 1 atom stereocenters. The number of nitrogens with zero attached hydrogens (tertiary/aromatic N) is 3. The summed E-state index contributed by atoms with van der Waals surface area (Å²) < 4.78 is 1.91. The monoisotopic (exact) mass is 413 g/mol. The lowest BCUT2D eigenvalue weighted by molar-refractivity contribution is -0.117. The summed E-state index contributed by atoms with van der Waals surface area (Å²) in [5.74, 6) is -0.211. The Morgan fingerprint density at radius 2 is 1.87 bits per heavy atom. The quantitative estimate of drug-likeness (QED) is 0.371. The predicted molar refractivity (Wildman–Crippen MR) is 117 cm³/mol. The highest BCUT2D eigenvalue weighted by molar-refractivity contribution is 5.96. The molecule has 2 rings (SSSR count). The molecule has 0 aliphatic rings. The molecule has 1 unspecified atom stereocenters. The highest BCUT2D eigenvalue weighted by atomic mass is 16.2. The molecule has 1 heterocycles. The number of aryl methyl sites for hydroxylation is 2. The first-order chi connectivity index (χ1) is 14.2. The Kier molecular flexibility index (Phi) is 7.97. The van der Waals surface area contributed by atoms with Gasteiger partial charge in [-0.05, 0) is 50.5 Å². The van der Waals surface area contributed by atoms with E-state index in [-0.39, 0.29) is 18.5 Å². The maximum atomic E-state index is 11.9. The minimum absolute atomic E-state index is 0.175. The summed E-state index contributed by atoms with van der Waals surface area (Å²) in [4.78, 5) is 27.0. The Morgan fingerprint density at radius 3 is 2.40 bits per heavy atom. The number of nitrogens with two attached hydrogens (primary N) is 1. The Hall–Kier alpha value is -3.36. The highest BCUT2D eigenvalue weighted by Gasteiger charge is 2.14. The van der Waals surface area contributed by atoms with E-state index in [0.29, 0.717) is 18.1 Å². The largest absolute Gasteiger partial charge is 0.368 e. The zero-order valence-electron chi connectivity index (χ0n) is 18.2. The van der Waals surface area contributed by atoms with Crippen LogP contribution in [0.5, 0.6) is 0 Å². The summed E-state index contributed by atoms with van der Waals surface area (Å²) in [6.07, 6.45) is 0.849. The molecule has 0 spiro atoms. The summed E-state index contributed by atoms with van der Waals surface area (Å²) in [6, 6.07) is 7.30. The van der Waals surface area contributed by atoms with E-state index in [9.17, 15) is 9.59 Å². The summed E-state index contributed by atoms with van der Waals surface area (Å²) in [6.45, 7) is 6.59. The average Bonchev–Trinajstić information content (AvgIpc) is 2.95. The molecule has 5 N–H and O–H groups in total. The fourth-order valence-corrected chi connectivity index (χ4v) is 3.13. The molecular weight excluding hydrogens is 382 g/mol. The number of hydrogen-bond donors (Lipinski definition) is 4. The number of aliphatic imine (C=N–C) groups is 1. The van der Waals surface area contributed by atoms with Crippen LogP contribution in [0.3, 0.4) is 0 Å². The molecule has 0 aliphatic carbocycles. The van der Waals surface area contributed by atoms with Crippen molar-refractivity contribution in [3.8, 4) is 0 Å². The van der Waals surface area contributed by atoms with Crippen LogP contribution in [0.4, 0.5) is 0 Å². The minimum atomic E-state index is -0.578. The zero-order chi connectivity index (χ0) is 22.3. The van der Waals surface area contributed by atoms with Crippen LogP contribution in [-0.2, 0) is 24.8 Å². The molecule has 0 saturated heterocycles. The van der Waals surface area contributed by atoms with Crippen LogP contribution in [0.15, 0.2) is 29.3 Å². The standard InChI is InChI=1S/C21H31N7O2/c1-13(10-18-14(2)27-28(5)15(18)3)26-21(23-4)25-11-16-6-8-17(9-7-16)20(30)24-12-19(22)29/h6-9,13H,10-12H2,1-5H3,(H2,22,29)(H,24,30)(H2,23,25,26). The van der Waals surface area contributed by atoms with Crippen LogP contribution in [0, 0.1) is 13.8 Å². The molecule has 0 bridgehead atoms. The van der Waals surface area contributed by atoms with Crippen LogP contribution in [0.25, 0.3) is 0 Å². The molecule has 9 heteroatoms. The van der Waals surface area contributed by atoms with Crippen LogP contribution in [0.1, 0.15) is 39.8 Å². The van der Waals surface area contributed by atoms with Crippen molar-refractivity contribution in [2.75, 3.05) is 13.6 Å². The third-order valence-electron chi connectivity index (χ3n) is 4.88. The molecule has 0 radical (unpaired) electrons. The second-order valence-corrected chi connectivity index (χ2v) is 7.29. The van der Waals surface area contributed by atoms with Crippen molar-refractivity contribution >= 4 is 17.8 Å². The van der Waals surface area contributed by atoms with E-state index >= 15 is 0 Å². The minimum Gasteiger partial charge on any atom is -0.368 e. The number of nitrogens with one attached hydrogen (secondary N) is 3. The van der Waals surface area contributed by atoms with Gasteiger partial charge in [-0.1, -0.05) is 12.1 Å². The van der Waals surface area contributed by atoms with E-state index < -0.39 is 5.91 Å². The number of hydrogen-bond acceptors (Lipinski definition) is 4. The molecule has 30 heavy (non-hydrogen) atoms. The lowest BCUT2D eigenvalue weighted by atomic mass is 10.1. The zero-order valence-corrected chi connectivity index (χ0v) is 18.2. The fourth-order valence-electron chi connectivity index (χ4n) is 3.13. The number of aromatic nitrogens is 2. The first-order valence-electron chi connectivity index (χ1n) is 9.83. The number of primary amides is 1. The van der Waals surface area contributed by atoms with Gasteiger partial charge < -0.3 is 21.7 Å². The van der Waals surface area contributed by atoms with Crippen molar-refractivity contribution in [3.05, 3.63) is 52.3 Å². The van der Waals surface area contributed by atoms with Crippen LogP contribution >= 0.6 is 0 Å². The third kappa shape index (κ3) is 6.33. The van der Waals surface area contributed by atoms with E-state index in [1.165, 1.54) is 11.3 Å². The highest BCUT2D eigenvalue weighted by Crippen LogP contribution is 2.14. The number of carbonyl (C=O) groups excluding carboxylic acids is 2. The van der Waals surface area contributed by atoms with Gasteiger partial charge in [-0.3, -0.25) is 19.3 Å². The van der Waals surface area contributed by atoms with Crippen LogP contribution in [-0.4, -0.2) is 47.2 Å². The molecule has 9 nitrogen and oxygen atoms in total. The van der Waals surface area contributed by atoms with Gasteiger partial charge in [0.2, 0.25) is 5.91 Å². The molecule has 0 saturated carbocycles. The Labute approximate surface area is 177 Å². The van der Waals surface area contributed by atoms with Crippen LogP contribution < -0.4 is 21.7 Å². The van der Waals surface area contributed by atoms with Crippen molar-refractivity contribution in [3.63, 3.8) is 0 Å². The Morgan fingerprint density at radius 1 is 1.20 bits per heavy atom. The molecule has 1 aromatic carbocycles. The Bertz CT molecular complexity index is 916. The molecule has 0 aliphatic heterocycles. The lowest BCUT2D eigenvalue weighted by Gasteiger charge is -2.18. The molecule has 1 aromatic heterocycles. The number of guanidine groups is 1. The molecule has 0 fully saturated rings.